The van der Waals surface area contributed by atoms with Crippen LogP contribution in [0.3, 0.4) is 0 Å². The second-order valence-corrected chi connectivity index (χ2v) is 14.8. The van der Waals surface area contributed by atoms with E-state index in [0.29, 0.717) is 37.2 Å². The molecule has 2 fully saturated rings. The molecule has 6 rings (SSSR count). The van der Waals surface area contributed by atoms with Crippen LogP contribution < -0.4 is 0 Å². The van der Waals surface area contributed by atoms with Gasteiger partial charge in [0.2, 0.25) is 0 Å². The lowest BCUT2D eigenvalue weighted by molar-refractivity contribution is -0.0675. The molecular weight excluding hydrogens is 644 g/mol. The van der Waals surface area contributed by atoms with Crippen molar-refractivity contribution in [2.24, 2.45) is 11.3 Å². The normalized spacial score (nSPS) is 19.9. The minimum atomic E-state index is -3.68. The van der Waals surface area contributed by atoms with Gasteiger partial charge in [-0.2, -0.15) is 0 Å². The number of carbonyl (C=O) groups is 1. The molecule has 2 heterocycles. The number of amides is 1. The van der Waals surface area contributed by atoms with Gasteiger partial charge in [-0.3, -0.25) is 4.79 Å². The summed E-state index contributed by atoms with van der Waals surface area (Å²) in [6.07, 6.45) is 1.73. The summed E-state index contributed by atoms with van der Waals surface area (Å²) < 4.78 is 52.1. The summed E-state index contributed by atoms with van der Waals surface area (Å²) in [5.74, 6) is -1.34. The number of hydrogen-bond donors (Lipinski definition) is 2. The van der Waals surface area contributed by atoms with Crippen molar-refractivity contribution in [1.29, 1.82) is 0 Å². The Morgan fingerprint density at radius 3 is 2.33 bits per heavy atom. The van der Waals surface area contributed by atoms with Crippen LogP contribution in [0.15, 0.2) is 65.6 Å². The van der Waals surface area contributed by atoms with E-state index in [-0.39, 0.29) is 46.7 Å². The molecule has 1 aliphatic carbocycles. The van der Waals surface area contributed by atoms with Crippen molar-refractivity contribution in [3.8, 4) is 0 Å². The number of halogens is 3. The molecule has 2 atom stereocenters. The molecule has 0 radical (unpaired) electrons. The Balaban J connectivity index is 0.000000505. The number of nitrogens with zero attached hydrogens (tertiary/aromatic N) is 1. The standard InChI is InChI=1S/C27H31ClFNO7S.C6H5Cl/c1-38(34,35)22-12-19(28)3-2-17(22)13-30-25(33)20-10-18(24(32)16-4-8-36-9-5-16)11-21(29)23(20)26(30)37-15-27(14-31)6-7-27;7-6-4-2-1-3-5-6/h2-3,10-12,16,24,26,31-32H,4-9,13-15H2,1H3;1-5H. The average molecular weight is 681 g/mol. The Kier molecular flexibility index (Phi) is 10.5. The predicted molar refractivity (Wildman–Crippen MR) is 168 cm³/mol. The Labute approximate surface area is 272 Å². The molecule has 2 aliphatic heterocycles. The fourth-order valence-electron chi connectivity index (χ4n) is 5.67. The molecular formula is C33H36Cl2FNO7S. The monoisotopic (exact) mass is 679 g/mol. The van der Waals surface area contributed by atoms with Crippen LogP contribution in [0, 0.1) is 17.2 Å². The predicted octanol–water partition coefficient (Wildman–Crippen LogP) is 6.13. The molecule has 12 heteroatoms. The van der Waals surface area contributed by atoms with E-state index in [0.717, 1.165) is 24.1 Å². The summed E-state index contributed by atoms with van der Waals surface area (Å²) in [5, 5.41) is 21.8. The second-order valence-electron chi connectivity index (χ2n) is 11.9. The molecule has 3 aliphatic rings. The molecule has 1 saturated carbocycles. The highest BCUT2D eigenvalue weighted by molar-refractivity contribution is 7.90. The third-order valence-corrected chi connectivity index (χ3v) is 10.2. The number of carbonyl (C=O) groups excluding carboxylic acids is 1. The minimum Gasteiger partial charge on any atom is -0.396 e. The lowest BCUT2D eigenvalue weighted by Crippen LogP contribution is -2.31. The van der Waals surface area contributed by atoms with Crippen LogP contribution in [0.2, 0.25) is 10.0 Å². The van der Waals surface area contributed by atoms with Crippen molar-refractivity contribution >= 4 is 38.9 Å². The third kappa shape index (κ3) is 7.88. The SMILES string of the molecule is CS(=O)(=O)c1cc(Cl)ccc1CN1C(=O)c2cc(C(O)C3CCOCC3)cc(F)c2C1OCC1(CO)CC1.Clc1ccccc1. The van der Waals surface area contributed by atoms with E-state index < -0.39 is 39.3 Å². The summed E-state index contributed by atoms with van der Waals surface area (Å²) in [7, 11) is -3.68. The Hall–Kier alpha value is -2.57. The number of aliphatic hydroxyl groups is 2. The molecule has 0 bridgehead atoms. The first kappa shape index (κ1) is 33.8. The van der Waals surface area contributed by atoms with E-state index in [9.17, 15) is 23.4 Å². The van der Waals surface area contributed by atoms with Gasteiger partial charge in [-0.15, -0.1) is 0 Å². The number of rotatable bonds is 9. The van der Waals surface area contributed by atoms with Crippen LogP contribution in [-0.4, -0.2) is 62.1 Å². The lowest BCUT2D eigenvalue weighted by Gasteiger charge is -2.28. The molecule has 0 spiro atoms. The highest BCUT2D eigenvalue weighted by Gasteiger charge is 2.46. The van der Waals surface area contributed by atoms with Gasteiger partial charge in [0.15, 0.2) is 16.1 Å². The zero-order valence-electron chi connectivity index (χ0n) is 24.8. The third-order valence-electron chi connectivity index (χ3n) is 8.57. The van der Waals surface area contributed by atoms with Crippen molar-refractivity contribution in [3.63, 3.8) is 0 Å². The van der Waals surface area contributed by atoms with Gasteiger partial charge in [0.05, 0.1) is 36.3 Å². The molecule has 8 nitrogen and oxygen atoms in total. The van der Waals surface area contributed by atoms with Crippen LogP contribution in [0.5, 0.6) is 0 Å². The summed E-state index contributed by atoms with van der Waals surface area (Å²) in [6.45, 7) is 0.876. The molecule has 2 N–H and O–H groups in total. The maximum Gasteiger partial charge on any atom is 0.257 e. The largest absolute Gasteiger partial charge is 0.396 e. The molecule has 0 aromatic heterocycles. The second kappa shape index (κ2) is 14.0. The quantitative estimate of drug-likeness (QED) is 0.280. The number of sulfone groups is 1. The first-order valence-electron chi connectivity index (χ1n) is 14.7. The smallest absolute Gasteiger partial charge is 0.257 e. The van der Waals surface area contributed by atoms with Crippen molar-refractivity contribution in [1.82, 2.24) is 4.90 Å². The lowest BCUT2D eigenvalue weighted by atomic mass is 9.88. The fraction of sp³-hybridized carbons (Fsp3) is 0.424. The Bertz CT molecular complexity index is 1630. The first-order valence-corrected chi connectivity index (χ1v) is 17.4. The molecule has 3 aromatic carbocycles. The van der Waals surface area contributed by atoms with Gasteiger partial charge < -0.3 is 24.6 Å². The van der Waals surface area contributed by atoms with Gasteiger partial charge in [-0.05, 0) is 79.1 Å². The van der Waals surface area contributed by atoms with Crippen molar-refractivity contribution in [2.45, 2.75) is 49.5 Å². The molecule has 1 amide bonds. The summed E-state index contributed by atoms with van der Waals surface area (Å²) in [5.41, 5.74) is 0.310. The average Bonchev–Trinajstić information content (AvgIpc) is 3.76. The van der Waals surface area contributed by atoms with Crippen LogP contribution in [0.1, 0.15) is 65.1 Å². The van der Waals surface area contributed by atoms with Crippen molar-refractivity contribution in [2.75, 3.05) is 32.7 Å². The highest BCUT2D eigenvalue weighted by atomic mass is 35.5. The van der Waals surface area contributed by atoms with E-state index in [1.165, 1.54) is 35.2 Å². The zero-order valence-corrected chi connectivity index (χ0v) is 27.1. The van der Waals surface area contributed by atoms with E-state index in [4.69, 9.17) is 32.7 Å². The van der Waals surface area contributed by atoms with E-state index in [1.54, 1.807) is 0 Å². The molecule has 45 heavy (non-hydrogen) atoms. The number of hydrogen-bond acceptors (Lipinski definition) is 7. The van der Waals surface area contributed by atoms with Gasteiger partial charge >= 0.3 is 0 Å². The van der Waals surface area contributed by atoms with Gasteiger partial charge in [-0.25, -0.2) is 12.8 Å². The van der Waals surface area contributed by atoms with Gasteiger partial charge in [0.25, 0.3) is 5.91 Å². The van der Waals surface area contributed by atoms with E-state index in [1.807, 2.05) is 30.3 Å². The molecule has 2 unspecified atom stereocenters. The Morgan fingerprint density at radius 1 is 1.07 bits per heavy atom. The molecule has 3 aromatic rings. The minimum absolute atomic E-state index is 0.0300. The molecule has 1 saturated heterocycles. The van der Waals surface area contributed by atoms with Crippen LogP contribution >= 0.6 is 23.2 Å². The highest BCUT2D eigenvalue weighted by Crippen LogP contribution is 2.48. The summed E-state index contributed by atoms with van der Waals surface area (Å²) >= 11 is 11.6. The maximum absolute atomic E-state index is 15.7. The topological polar surface area (TPSA) is 113 Å². The van der Waals surface area contributed by atoms with Gasteiger partial charge in [0.1, 0.15) is 5.82 Å². The number of aliphatic hydroxyl groups excluding tert-OH is 2. The number of ether oxygens (including phenoxy) is 2. The van der Waals surface area contributed by atoms with E-state index >= 15 is 4.39 Å². The van der Waals surface area contributed by atoms with Crippen LogP contribution in [0.4, 0.5) is 4.39 Å². The zero-order chi connectivity index (χ0) is 32.4. The Morgan fingerprint density at radius 2 is 1.76 bits per heavy atom. The summed E-state index contributed by atoms with van der Waals surface area (Å²) in [4.78, 5) is 15.0. The van der Waals surface area contributed by atoms with Crippen LogP contribution in [-0.2, 0) is 25.9 Å². The van der Waals surface area contributed by atoms with Crippen LogP contribution in [0.25, 0.3) is 0 Å². The fourth-order valence-corrected chi connectivity index (χ4v) is 7.00. The van der Waals surface area contributed by atoms with Gasteiger partial charge in [-0.1, -0.05) is 47.5 Å². The molecule has 242 valence electrons. The van der Waals surface area contributed by atoms with Gasteiger partial charge in [0, 0.05) is 40.5 Å². The number of benzene rings is 3. The maximum atomic E-state index is 15.7. The van der Waals surface area contributed by atoms with Crippen molar-refractivity contribution < 1.29 is 37.3 Å². The number of fused-ring (bicyclic) bond motifs is 1. The van der Waals surface area contributed by atoms with Crippen molar-refractivity contribution in [3.05, 3.63) is 98.8 Å². The summed E-state index contributed by atoms with van der Waals surface area (Å²) in [6, 6.07) is 16.6. The van der Waals surface area contributed by atoms with E-state index in [2.05, 4.69) is 0 Å². The first-order chi connectivity index (χ1) is 21.4.